The molecule has 2 atom stereocenters. The minimum atomic E-state index is 0.149. The first-order chi connectivity index (χ1) is 7.76. The Balaban J connectivity index is 2.18. The van der Waals surface area contributed by atoms with Gasteiger partial charge in [0.1, 0.15) is 0 Å². The number of aliphatic hydroxyl groups excluding tert-OH is 1. The van der Waals surface area contributed by atoms with E-state index in [1.54, 1.807) is 0 Å². The van der Waals surface area contributed by atoms with E-state index in [1.807, 2.05) is 11.6 Å². The molecule has 1 saturated heterocycles. The summed E-state index contributed by atoms with van der Waals surface area (Å²) in [6.45, 7) is 4.04. The molecule has 1 aliphatic heterocycles. The highest BCUT2D eigenvalue weighted by atomic mass is 16.5. The van der Waals surface area contributed by atoms with Crippen LogP contribution in [0.3, 0.4) is 0 Å². The lowest BCUT2D eigenvalue weighted by molar-refractivity contribution is 0.160. The van der Waals surface area contributed by atoms with Crippen molar-refractivity contribution in [3.63, 3.8) is 0 Å². The van der Waals surface area contributed by atoms with E-state index in [0.717, 1.165) is 17.8 Å². The molecule has 0 bridgehead atoms. The molecular weight excluding hydrogens is 206 g/mol. The zero-order chi connectivity index (χ0) is 11.5. The monoisotopic (exact) mass is 225 g/mol. The van der Waals surface area contributed by atoms with E-state index in [2.05, 4.69) is 11.2 Å². The molecule has 1 aromatic rings. The van der Waals surface area contributed by atoms with Gasteiger partial charge >= 0.3 is 0 Å². The van der Waals surface area contributed by atoms with Crippen LogP contribution in [0.15, 0.2) is 6.07 Å². The second-order valence-corrected chi connectivity index (χ2v) is 4.31. The van der Waals surface area contributed by atoms with Gasteiger partial charge in [-0.05, 0) is 19.5 Å². The van der Waals surface area contributed by atoms with Gasteiger partial charge in [0.2, 0.25) is 0 Å². The summed E-state index contributed by atoms with van der Waals surface area (Å²) in [6, 6.07) is 2.22. The van der Waals surface area contributed by atoms with Crippen LogP contribution in [0.5, 0.6) is 0 Å². The zero-order valence-electron chi connectivity index (χ0n) is 9.59. The lowest BCUT2D eigenvalue weighted by Gasteiger charge is -2.17. The van der Waals surface area contributed by atoms with Gasteiger partial charge in [-0.1, -0.05) is 0 Å². The molecule has 2 heterocycles. The summed E-state index contributed by atoms with van der Waals surface area (Å²) in [6.07, 6.45) is 0.797. The maximum atomic E-state index is 9.26. The fourth-order valence-corrected chi connectivity index (χ4v) is 2.19. The van der Waals surface area contributed by atoms with Crippen molar-refractivity contribution in [3.8, 4) is 0 Å². The Hall–Kier alpha value is -0.910. The summed E-state index contributed by atoms with van der Waals surface area (Å²) in [4.78, 5) is 0. The van der Waals surface area contributed by atoms with Crippen LogP contribution < -0.4 is 5.73 Å². The molecule has 1 aromatic heterocycles. The average molecular weight is 225 g/mol. The highest BCUT2D eigenvalue weighted by molar-refractivity contribution is 5.10. The molecule has 0 radical (unpaired) electrons. The van der Waals surface area contributed by atoms with Crippen LogP contribution in [0.2, 0.25) is 0 Å². The number of aryl methyl sites for hydroxylation is 1. The van der Waals surface area contributed by atoms with Crippen molar-refractivity contribution >= 4 is 0 Å². The zero-order valence-corrected chi connectivity index (χ0v) is 9.59. The number of nitrogens with two attached hydrogens (primary N) is 1. The van der Waals surface area contributed by atoms with Crippen LogP contribution in [0.25, 0.3) is 0 Å². The minimum absolute atomic E-state index is 0.149. The molecule has 90 valence electrons. The normalized spacial score (nSPS) is 25.2. The van der Waals surface area contributed by atoms with Gasteiger partial charge in [-0.2, -0.15) is 5.10 Å². The summed E-state index contributed by atoms with van der Waals surface area (Å²) in [5.41, 5.74) is 7.64. The summed E-state index contributed by atoms with van der Waals surface area (Å²) in [7, 11) is 0. The Morgan fingerprint density at radius 1 is 1.62 bits per heavy atom. The molecule has 5 heteroatoms. The Morgan fingerprint density at radius 2 is 2.44 bits per heavy atom. The molecule has 2 unspecified atom stereocenters. The van der Waals surface area contributed by atoms with Crippen molar-refractivity contribution in [1.82, 2.24) is 9.78 Å². The van der Waals surface area contributed by atoms with Gasteiger partial charge < -0.3 is 15.6 Å². The largest absolute Gasteiger partial charge is 0.396 e. The topological polar surface area (TPSA) is 73.3 Å². The Morgan fingerprint density at radius 3 is 3.12 bits per heavy atom. The van der Waals surface area contributed by atoms with Crippen molar-refractivity contribution in [1.29, 1.82) is 0 Å². The molecule has 0 spiro atoms. The Labute approximate surface area is 95.2 Å². The standard InChI is InChI=1S/C11H19N3O2/c1-8-4-10(2-3-12)13-14(8)11-7-16-6-9(11)5-15/h4,9,11,15H,2-3,5-7,12H2,1H3. The highest BCUT2D eigenvalue weighted by Gasteiger charge is 2.30. The van der Waals surface area contributed by atoms with E-state index in [4.69, 9.17) is 10.5 Å². The summed E-state index contributed by atoms with van der Waals surface area (Å²) < 4.78 is 7.36. The molecular formula is C11H19N3O2. The van der Waals surface area contributed by atoms with Gasteiger partial charge in [-0.3, -0.25) is 4.68 Å². The quantitative estimate of drug-likeness (QED) is 0.749. The number of aliphatic hydroxyl groups is 1. The lowest BCUT2D eigenvalue weighted by atomic mass is 10.1. The van der Waals surface area contributed by atoms with E-state index in [-0.39, 0.29) is 18.6 Å². The fourth-order valence-electron chi connectivity index (χ4n) is 2.19. The van der Waals surface area contributed by atoms with E-state index >= 15 is 0 Å². The molecule has 1 fully saturated rings. The van der Waals surface area contributed by atoms with Gasteiger partial charge in [0.25, 0.3) is 0 Å². The number of rotatable bonds is 4. The first-order valence-electron chi connectivity index (χ1n) is 5.70. The lowest BCUT2D eigenvalue weighted by Crippen LogP contribution is -2.22. The Kier molecular flexibility index (Phi) is 3.58. The SMILES string of the molecule is Cc1cc(CCN)nn1C1COCC1CO. The van der Waals surface area contributed by atoms with E-state index < -0.39 is 0 Å². The van der Waals surface area contributed by atoms with E-state index in [9.17, 15) is 5.11 Å². The second-order valence-electron chi connectivity index (χ2n) is 4.31. The second kappa shape index (κ2) is 4.95. The van der Waals surface area contributed by atoms with Gasteiger partial charge in [-0.25, -0.2) is 0 Å². The van der Waals surface area contributed by atoms with Crippen LogP contribution in [-0.2, 0) is 11.2 Å². The summed E-state index contributed by atoms with van der Waals surface area (Å²) >= 11 is 0. The third-order valence-electron chi connectivity index (χ3n) is 3.09. The molecule has 0 saturated carbocycles. The molecule has 1 aliphatic rings. The maximum absolute atomic E-state index is 9.26. The maximum Gasteiger partial charge on any atom is 0.0827 e. The smallest absolute Gasteiger partial charge is 0.0827 e. The molecule has 2 rings (SSSR count). The number of aromatic nitrogens is 2. The van der Waals surface area contributed by atoms with Gasteiger partial charge in [0.15, 0.2) is 0 Å². The predicted molar refractivity (Wildman–Crippen MR) is 60.2 cm³/mol. The Bertz CT molecular complexity index is 351. The van der Waals surface area contributed by atoms with Gasteiger partial charge in [0, 0.05) is 18.0 Å². The molecule has 0 aliphatic carbocycles. The van der Waals surface area contributed by atoms with Crippen LogP contribution in [0.1, 0.15) is 17.4 Å². The molecule has 0 amide bonds. The molecule has 0 aromatic carbocycles. The van der Waals surface area contributed by atoms with Crippen molar-refractivity contribution in [2.75, 3.05) is 26.4 Å². The van der Waals surface area contributed by atoms with Crippen LogP contribution in [0, 0.1) is 12.8 Å². The molecule has 16 heavy (non-hydrogen) atoms. The van der Waals surface area contributed by atoms with Gasteiger partial charge in [-0.15, -0.1) is 0 Å². The van der Waals surface area contributed by atoms with Crippen LogP contribution >= 0.6 is 0 Å². The molecule has 5 nitrogen and oxygen atoms in total. The molecule has 3 N–H and O–H groups in total. The number of hydrogen-bond donors (Lipinski definition) is 2. The summed E-state index contributed by atoms with van der Waals surface area (Å²) in [5, 5.41) is 13.8. The van der Waals surface area contributed by atoms with E-state index in [0.29, 0.717) is 19.8 Å². The van der Waals surface area contributed by atoms with Crippen LogP contribution in [-0.4, -0.2) is 41.3 Å². The number of hydrogen-bond acceptors (Lipinski definition) is 4. The predicted octanol–water partition coefficient (Wildman–Crippen LogP) is -0.127. The number of nitrogens with zero attached hydrogens (tertiary/aromatic N) is 2. The highest BCUT2D eigenvalue weighted by Crippen LogP contribution is 2.26. The van der Waals surface area contributed by atoms with Crippen LogP contribution in [0.4, 0.5) is 0 Å². The van der Waals surface area contributed by atoms with Crippen molar-refractivity contribution in [2.24, 2.45) is 11.7 Å². The van der Waals surface area contributed by atoms with Crippen molar-refractivity contribution in [2.45, 2.75) is 19.4 Å². The average Bonchev–Trinajstić information content (AvgIpc) is 2.84. The van der Waals surface area contributed by atoms with Crippen molar-refractivity contribution in [3.05, 3.63) is 17.5 Å². The number of ether oxygens (including phenoxy) is 1. The third kappa shape index (κ3) is 2.11. The first-order valence-corrected chi connectivity index (χ1v) is 5.70. The first kappa shape index (κ1) is 11.6. The summed E-state index contributed by atoms with van der Waals surface area (Å²) in [5.74, 6) is 0.157. The minimum Gasteiger partial charge on any atom is -0.396 e. The van der Waals surface area contributed by atoms with Crippen molar-refractivity contribution < 1.29 is 9.84 Å². The van der Waals surface area contributed by atoms with E-state index in [1.165, 1.54) is 0 Å². The third-order valence-corrected chi connectivity index (χ3v) is 3.09. The fraction of sp³-hybridized carbons (Fsp3) is 0.727. The van der Waals surface area contributed by atoms with Gasteiger partial charge in [0.05, 0.1) is 31.6 Å².